The number of unbranched alkanes of at least 4 members (excludes halogenated alkanes) is 1. The molecular weight excluding hydrogens is 376 g/mol. The summed E-state index contributed by atoms with van der Waals surface area (Å²) in [5, 5.41) is 0.754. The summed E-state index contributed by atoms with van der Waals surface area (Å²) in [5.41, 5.74) is 0.885. The van der Waals surface area contributed by atoms with E-state index in [1.807, 2.05) is 38.1 Å². The van der Waals surface area contributed by atoms with Gasteiger partial charge < -0.3 is 19.1 Å². The molecule has 2 aliphatic rings. The number of aliphatic imine (C=N–C) groups is 1. The lowest BCUT2D eigenvalue weighted by Gasteiger charge is -2.35. The number of rotatable bonds is 6. The van der Waals surface area contributed by atoms with Crippen molar-refractivity contribution in [3.63, 3.8) is 0 Å². The Bertz CT molecular complexity index is 768. The molecule has 2 heterocycles. The van der Waals surface area contributed by atoms with Crippen molar-refractivity contribution in [2.45, 2.75) is 45.8 Å². The van der Waals surface area contributed by atoms with Crippen LogP contribution in [0.1, 0.15) is 39.2 Å². The number of nitrogens with zero attached hydrogens (tertiary/aromatic N) is 2. The van der Waals surface area contributed by atoms with Gasteiger partial charge in [-0.15, -0.1) is 0 Å². The van der Waals surface area contributed by atoms with Crippen LogP contribution in [0.5, 0.6) is 11.5 Å². The number of hydrogen-bond donors (Lipinski definition) is 0. The molecule has 0 N–H and O–H groups in total. The number of methoxy groups -OCH3 is 1. The third-order valence-corrected chi connectivity index (χ3v) is 5.58. The molecule has 152 valence electrons. The first-order valence-electron chi connectivity index (χ1n) is 9.74. The second-order valence-electron chi connectivity index (χ2n) is 7.08. The van der Waals surface area contributed by atoms with Gasteiger partial charge in [0.05, 0.1) is 30.8 Å². The fourth-order valence-corrected chi connectivity index (χ4v) is 4.17. The normalized spacial score (nSPS) is 23.9. The van der Waals surface area contributed by atoms with Crippen molar-refractivity contribution in [3.05, 3.63) is 28.7 Å². The van der Waals surface area contributed by atoms with Gasteiger partial charge >= 0.3 is 0 Å². The minimum Gasteiger partial charge on any atom is -0.493 e. The highest BCUT2D eigenvalue weighted by atomic mass is 32.2. The Hall–Kier alpha value is -1.99. The van der Waals surface area contributed by atoms with E-state index in [0.717, 1.165) is 42.4 Å². The summed E-state index contributed by atoms with van der Waals surface area (Å²) in [6.45, 7) is 8.36. The average molecular weight is 405 g/mol. The van der Waals surface area contributed by atoms with Crippen molar-refractivity contribution in [1.29, 1.82) is 0 Å². The van der Waals surface area contributed by atoms with Gasteiger partial charge in [0.1, 0.15) is 0 Å². The van der Waals surface area contributed by atoms with Crippen molar-refractivity contribution < 1.29 is 19.0 Å². The van der Waals surface area contributed by atoms with E-state index in [9.17, 15) is 4.79 Å². The maximum absolute atomic E-state index is 12.4. The highest BCUT2D eigenvalue weighted by Crippen LogP contribution is 2.34. The van der Waals surface area contributed by atoms with Crippen LogP contribution in [0.25, 0.3) is 6.08 Å². The van der Waals surface area contributed by atoms with Crippen molar-refractivity contribution in [1.82, 2.24) is 4.90 Å². The second kappa shape index (κ2) is 9.47. The van der Waals surface area contributed by atoms with E-state index in [0.29, 0.717) is 17.3 Å². The first-order valence-corrected chi connectivity index (χ1v) is 10.6. The van der Waals surface area contributed by atoms with Gasteiger partial charge in [-0.05, 0) is 55.8 Å². The van der Waals surface area contributed by atoms with E-state index in [1.54, 1.807) is 7.11 Å². The van der Waals surface area contributed by atoms with Crippen molar-refractivity contribution >= 4 is 28.9 Å². The van der Waals surface area contributed by atoms with Crippen LogP contribution in [0, 0.1) is 0 Å². The minimum absolute atomic E-state index is 0.125. The maximum atomic E-state index is 12.4. The molecule has 0 bridgehead atoms. The van der Waals surface area contributed by atoms with E-state index in [4.69, 9.17) is 14.2 Å². The van der Waals surface area contributed by atoms with Crippen LogP contribution in [0.3, 0.4) is 0 Å². The summed E-state index contributed by atoms with van der Waals surface area (Å²) in [6.07, 6.45) is 4.18. The predicted octanol–water partition coefficient (Wildman–Crippen LogP) is 3.95. The topological polar surface area (TPSA) is 60.4 Å². The van der Waals surface area contributed by atoms with E-state index in [2.05, 4.69) is 16.8 Å². The van der Waals surface area contributed by atoms with Gasteiger partial charge in [-0.3, -0.25) is 4.79 Å². The van der Waals surface area contributed by atoms with Gasteiger partial charge in [0.25, 0.3) is 5.91 Å². The molecule has 0 radical (unpaired) electrons. The van der Waals surface area contributed by atoms with Crippen LogP contribution in [-0.2, 0) is 9.53 Å². The lowest BCUT2D eigenvalue weighted by atomic mass is 10.2. The standard InChI is InChI=1S/C21H28N2O4S/c1-5-6-9-26-17-8-7-16(10-18(17)25-4)11-19-20(24)22-21(28-19)23-12-14(2)27-15(3)13-23/h7-8,10-11,14-15H,5-6,9,12-13H2,1-4H3. The van der Waals surface area contributed by atoms with Gasteiger partial charge in [0.15, 0.2) is 16.7 Å². The average Bonchev–Trinajstić information content (AvgIpc) is 3.02. The molecular formula is C21H28N2O4S. The second-order valence-corrected chi connectivity index (χ2v) is 8.09. The number of morpholine rings is 1. The van der Waals surface area contributed by atoms with Gasteiger partial charge in [0.2, 0.25) is 0 Å². The number of hydrogen-bond acceptors (Lipinski definition) is 6. The van der Waals surface area contributed by atoms with Gasteiger partial charge in [0, 0.05) is 13.1 Å². The number of carbonyl (C=O) groups excluding carboxylic acids is 1. The zero-order valence-electron chi connectivity index (χ0n) is 16.9. The number of benzene rings is 1. The molecule has 3 rings (SSSR count). The Morgan fingerprint density at radius 3 is 2.71 bits per heavy atom. The summed E-state index contributed by atoms with van der Waals surface area (Å²) in [5.74, 6) is 1.18. The largest absolute Gasteiger partial charge is 0.493 e. The van der Waals surface area contributed by atoms with Gasteiger partial charge in [-0.2, -0.15) is 4.99 Å². The molecule has 1 aromatic rings. The zero-order chi connectivity index (χ0) is 20.1. The van der Waals surface area contributed by atoms with E-state index in [1.165, 1.54) is 11.8 Å². The Kier molecular flexibility index (Phi) is 7.02. The van der Waals surface area contributed by atoms with Crippen LogP contribution in [0.2, 0.25) is 0 Å². The van der Waals surface area contributed by atoms with Crippen LogP contribution >= 0.6 is 11.8 Å². The molecule has 0 spiro atoms. The fourth-order valence-electron chi connectivity index (χ4n) is 3.24. The Morgan fingerprint density at radius 1 is 1.29 bits per heavy atom. The van der Waals surface area contributed by atoms with E-state index < -0.39 is 0 Å². The third kappa shape index (κ3) is 5.08. The Labute approximate surface area is 170 Å². The summed E-state index contributed by atoms with van der Waals surface area (Å²) in [6, 6.07) is 5.71. The molecule has 7 heteroatoms. The molecule has 1 amide bonds. The molecule has 1 aromatic carbocycles. The van der Waals surface area contributed by atoms with Crippen molar-refractivity contribution in [2.24, 2.45) is 4.99 Å². The lowest BCUT2D eigenvalue weighted by molar-refractivity contribution is -0.113. The third-order valence-electron chi connectivity index (χ3n) is 4.54. The van der Waals surface area contributed by atoms with Crippen molar-refractivity contribution in [2.75, 3.05) is 26.8 Å². The molecule has 28 heavy (non-hydrogen) atoms. The number of amidine groups is 1. The summed E-state index contributed by atoms with van der Waals surface area (Å²) in [4.78, 5) is 19.4. The van der Waals surface area contributed by atoms with Crippen LogP contribution in [0.15, 0.2) is 28.1 Å². The van der Waals surface area contributed by atoms with Gasteiger partial charge in [-0.25, -0.2) is 0 Å². The SMILES string of the molecule is CCCCOc1ccc(C=C2SC(N3CC(C)OC(C)C3)=NC2=O)cc1OC. The lowest BCUT2D eigenvalue weighted by Crippen LogP contribution is -2.47. The number of amides is 1. The first kappa shape index (κ1) is 20.7. The zero-order valence-corrected chi connectivity index (χ0v) is 17.8. The molecule has 2 atom stereocenters. The monoisotopic (exact) mass is 404 g/mol. The number of carbonyl (C=O) groups is 1. The molecule has 6 nitrogen and oxygen atoms in total. The highest BCUT2D eigenvalue weighted by Gasteiger charge is 2.31. The molecule has 2 aliphatic heterocycles. The van der Waals surface area contributed by atoms with E-state index in [-0.39, 0.29) is 18.1 Å². The Balaban J connectivity index is 1.71. The van der Waals surface area contributed by atoms with Crippen LogP contribution < -0.4 is 9.47 Å². The van der Waals surface area contributed by atoms with Crippen molar-refractivity contribution in [3.8, 4) is 11.5 Å². The molecule has 0 aliphatic carbocycles. The Morgan fingerprint density at radius 2 is 2.04 bits per heavy atom. The number of thioether (sulfide) groups is 1. The quantitative estimate of drug-likeness (QED) is 0.528. The first-order chi connectivity index (χ1) is 13.5. The van der Waals surface area contributed by atoms with Crippen LogP contribution in [-0.4, -0.2) is 55.0 Å². The maximum Gasteiger partial charge on any atom is 0.286 e. The molecule has 0 saturated carbocycles. The van der Waals surface area contributed by atoms with Gasteiger partial charge in [-0.1, -0.05) is 19.4 Å². The summed E-state index contributed by atoms with van der Waals surface area (Å²) >= 11 is 1.42. The smallest absolute Gasteiger partial charge is 0.286 e. The molecule has 1 saturated heterocycles. The number of ether oxygens (including phenoxy) is 3. The predicted molar refractivity (Wildman–Crippen MR) is 113 cm³/mol. The molecule has 2 unspecified atom stereocenters. The minimum atomic E-state index is -0.200. The van der Waals surface area contributed by atoms with Crippen LogP contribution in [0.4, 0.5) is 0 Å². The highest BCUT2D eigenvalue weighted by molar-refractivity contribution is 8.18. The summed E-state index contributed by atoms with van der Waals surface area (Å²) in [7, 11) is 1.62. The molecule has 0 aromatic heterocycles. The van der Waals surface area contributed by atoms with E-state index >= 15 is 0 Å². The fraction of sp³-hybridized carbons (Fsp3) is 0.524. The molecule has 1 fully saturated rings. The summed E-state index contributed by atoms with van der Waals surface area (Å²) < 4.78 is 17.0.